The molecule has 0 aromatic rings. The molecule has 3 aliphatic rings. The number of piperidine rings is 3. The molecule has 3 unspecified atom stereocenters. The number of carbonyl (C=O) groups is 2. The van der Waals surface area contributed by atoms with Gasteiger partial charge in [-0.2, -0.15) is 0 Å². The van der Waals surface area contributed by atoms with Crippen LogP contribution in [-0.4, -0.2) is 61.0 Å². The van der Waals surface area contributed by atoms with E-state index in [1.54, 1.807) is 6.92 Å². The van der Waals surface area contributed by atoms with Gasteiger partial charge in [-0.15, -0.1) is 0 Å². The Morgan fingerprint density at radius 2 is 2.05 bits per heavy atom. The molecule has 0 N–H and O–H groups in total. The van der Waals surface area contributed by atoms with Crippen LogP contribution in [0, 0.1) is 5.41 Å². The van der Waals surface area contributed by atoms with Gasteiger partial charge in [0, 0.05) is 20.1 Å². The van der Waals surface area contributed by atoms with E-state index in [4.69, 9.17) is 9.47 Å². The molecular formula is C14H21F2NO4. The fourth-order valence-electron chi connectivity index (χ4n) is 3.18. The molecule has 21 heavy (non-hydrogen) atoms. The van der Waals surface area contributed by atoms with Gasteiger partial charge in [0.2, 0.25) is 0 Å². The Balaban J connectivity index is 2.36. The number of nitrogens with zero attached hydrogens (tertiary/aromatic N) is 1. The number of hydrogen-bond donors (Lipinski definition) is 0. The summed E-state index contributed by atoms with van der Waals surface area (Å²) in [6.45, 7) is 4.22. The number of alkyl halides is 2. The van der Waals surface area contributed by atoms with E-state index in [0.717, 1.165) is 0 Å². The van der Waals surface area contributed by atoms with Crippen LogP contribution in [0.2, 0.25) is 0 Å². The Labute approximate surface area is 122 Å². The summed E-state index contributed by atoms with van der Waals surface area (Å²) in [7, 11) is 0. The number of Topliss-reactive ketones (excluding diaryl/α,β-unsaturated/α-hetero) is 1. The van der Waals surface area contributed by atoms with Gasteiger partial charge in [-0.25, -0.2) is 8.78 Å². The third kappa shape index (κ3) is 2.36. The molecular weight excluding hydrogens is 284 g/mol. The van der Waals surface area contributed by atoms with E-state index in [0.29, 0.717) is 13.2 Å². The maximum absolute atomic E-state index is 14.2. The zero-order valence-corrected chi connectivity index (χ0v) is 12.6. The van der Waals surface area contributed by atoms with Gasteiger partial charge in [0.1, 0.15) is 12.1 Å². The van der Waals surface area contributed by atoms with Crippen molar-refractivity contribution in [3.8, 4) is 0 Å². The van der Waals surface area contributed by atoms with E-state index in [9.17, 15) is 18.4 Å². The molecule has 120 valence electrons. The first-order valence-corrected chi connectivity index (χ1v) is 7.08. The number of carbonyl (C=O) groups excluding carboxylic acids is 2. The fraction of sp³-hybridized carbons (Fsp3) is 0.857. The number of hydrogen-bond acceptors (Lipinski definition) is 5. The lowest BCUT2D eigenvalue weighted by Gasteiger charge is -2.59. The summed E-state index contributed by atoms with van der Waals surface area (Å²) in [5.41, 5.74) is -3.02. The minimum atomic E-state index is -3.08. The van der Waals surface area contributed by atoms with E-state index in [1.165, 1.54) is 18.7 Å². The van der Waals surface area contributed by atoms with Crippen molar-refractivity contribution in [3.05, 3.63) is 0 Å². The molecule has 7 heteroatoms. The third-order valence-corrected chi connectivity index (χ3v) is 4.67. The lowest BCUT2D eigenvalue weighted by molar-refractivity contribution is -0.233. The van der Waals surface area contributed by atoms with Gasteiger partial charge in [0.05, 0.1) is 18.6 Å². The van der Waals surface area contributed by atoms with Gasteiger partial charge in [-0.05, 0) is 20.3 Å². The number of halogens is 2. The average molecular weight is 305 g/mol. The normalized spacial score (nSPS) is 37.6. The molecule has 3 saturated heterocycles. The van der Waals surface area contributed by atoms with Crippen molar-refractivity contribution in [2.45, 2.75) is 38.7 Å². The summed E-state index contributed by atoms with van der Waals surface area (Å²) >= 11 is 0. The van der Waals surface area contributed by atoms with Crippen LogP contribution in [0.15, 0.2) is 0 Å². The van der Waals surface area contributed by atoms with Gasteiger partial charge in [0.25, 0.3) is 5.92 Å². The van der Waals surface area contributed by atoms with Crippen molar-refractivity contribution in [2.75, 3.05) is 32.9 Å². The summed E-state index contributed by atoms with van der Waals surface area (Å²) < 4.78 is 38.7. The van der Waals surface area contributed by atoms with Crippen molar-refractivity contribution in [1.82, 2.24) is 4.90 Å². The minimum absolute atomic E-state index is 0.0404. The lowest BCUT2D eigenvalue weighted by Crippen LogP contribution is -2.78. The second kappa shape index (κ2) is 5.28. The molecule has 3 aliphatic heterocycles. The molecule has 2 bridgehead atoms. The Morgan fingerprint density at radius 3 is 2.57 bits per heavy atom. The van der Waals surface area contributed by atoms with Gasteiger partial charge in [-0.3, -0.25) is 14.5 Å². The Kier molecular flexibility index (Phi) is 4.10. The van der Waals surface area contributed by atoms with Gasteiger partial charge in [0.15, 0.2) is 5.78 Å². The molecule has 0 amide bonds. The predicted octanol–water partition coefficient (Wildman–Crippen LogP) is 1.25. The summed E-state index contributed by atoms with van der Waals surface area (Å²) in [5, 5.41) is 0. The average Bonchev–Trinajstić information content (AvgIpc) is 2.40. The molecule has 3 rings (SSSR count). The van der Waals surface area contributed by atoms with Crippen molar-refractivity contribution in [1.29, 1.82) is 0 Å². The van der Waals surface area contributed by atoms with Crippen LogP contribution in [0.1, 0.15) is 27.2 Å². The quantitative estimate of drug-likeness (QED) is 0.716. The van der Waals surface area contributed by atoms with Gasteiger partial charge >= 0.3 is 5.97 Å². The Morgan fingerprint density at radius 1 is 1.38 bits per heavy atom. The maximum atomic E-state index is 14.2. The highest BCUT2D eigenvalue weighted by molar-refractivity contribution is 5.96. The highest BCUT2D eigenvalue weighted by Gasteiger charge is 2.70. The third-order valence-electron chi connectivity index (χ3n) is 4.67. The summed E-state index contributed by atoms with van der Waals surface area (Å²) in [6.07, 6.45) is 0.104. The van der Waals surface area contributed by atoms with Crippen molar-refractivity contribution in [3.63, 3.8) is 0 Å². The summed E-state index contributed by atoms with van der Waals surface area (Å²) in [4.78, 5) is 25.3. The highest BCUT2D eigenvalue weighted by Crippen LogP contribution is 2.53. The monoisotopic (exact) mass is 305 g/mol. The number of ether oxygens (including phenoxy) is 2. The molecule has 0 saturated carbocycles. The first-order chi connectivity index (χ1) is 9.69. The Hall–Kier alpha value is -1.08. The molecule has 0 aromatic heterocycles. The first-order valence-electron chi connectivity index (χ1n) is 7.08. The van der Waals surface area contributed by atoms with Gasteiger partial charge < -0.3 is 9.47 Å². The van der Waals surface area contributed by atoms with E-state index in [1.807, 2.05) is 0 Å². The second-order valence-electron chi connectivity index (χ2n) is 5.99. The van der Waals surface area contributed by atoms with Crippen LogP contribution in [0.4, 0.5) is 8.78 Å². The van der Waals surface area contributed by atoms with Crippen LogP contribution in [-0.2, 0) is 19.1 Å². The van der Waals surface area contributed by atoms with Crippen LogP contribution < -0.4 is 0 Å². The van der Waals surface area contributed by atoms with E-state index in [-0.39, 0.29) is 19.6 Å². The summed E-state index contributed by atoms with van der Waals surface area (Å²) in [6, 6.07) is 0. The fourth-order valence-corrected chi connectivity index (χ4v) is 3.18. The van der Waals surface area contributed by atoms with E-state index < -0.39 is 35.2 Å². The van der Waals surface area contributed by atoms with Crippen molar-refractivity contribution in [2.24, 2.45) is 5.41 Å². The molecule has 0 aromatic carbocycles. The van der Waals surface area contributed by atoms with Crippen LogP contribution in [0.5, 0.6) is 0 Å². The van der Waals surface area contributed by atoms with E-state index >= 15 is 0 Å². The molecule has 3 heterocycles. The SMILES string of the molecule is CCOCC1(COC(C)=O)C(=O)C2(C)CCN1CC2(F)F. The molecule has 3 fully saturated rings. The largest absolute Gasteiger partial charge is 0.463 e. The first kappa shape index (κ1) is 16.3. The van der Waals surface area contributed by atoms with Crippen molar-refractivity contribution >= 4 is 11.8 Å². The number of esters is 1. The zero-order chi connectivity index (χ0) is 15.9. The maximum Gasteiger partial charge on any atom is 0.302 e. The van der Waals surface area contributed by atoms with Crippen LogP contribution >= 0.6 is 0 Å². The topological polar surface area (TPSA) is 55.8 Å². The van der Waals surface area contributed by atoms with Crippen LogP contribution in [0.3, 0.4) is 0 Å². The second-order valence-corrected chi connectivity index (χ2v) is 5.99. The number of fused-ring (bicyclic) bond motifs is 3. The molecule has 0 spiro atoms. The highest BCUT2D eigenvalue weighted by atomic mass is 19.3. The van der Waals surface area contributed by atoms with Crippen LogP contribution in [0.25, 0.3) is 0 Å². The summed E-state index contributed by atoms with van der Waals surface area (Å²) in [5.74, 6) is -4.21. The minimum Gasteiger partial charge on any atom is -0.463 e. The number of rotatable bonds is 5. The predicted molar refractivity (Wildman–Crippen MR) is 70.1 cm³/mol. The van der Waals surface area contributed by atoms with Crippen molar-refractivity contribution < 1.29 is 27.8 Å². The molecule has 3 atom stereocenters. The zero-order valence-electron chi connectivity index (χ0n) is 12.6. The lowest BCUT2D eigenvalue weighted by atomic mass is 9.62. The van der Waals surface area contributed by atoms with Gasteiger partial charge in [-0.1, -0.05) is 0 Å². The Bertz CT molecular complexity index is 456. The number of ketones is 1. The smallest absolute Gasteiger partial charge is 0.302 e. The molecule has 5 nitrogen and oxygen atoms in total. The van der Waals surface area contributed by atoms with E-state index in [2.05, 4.69) is 0 Å². The molecule has 0 radical (unpaired) electrons. The molecule has 0 aliphatic carbocycles. The standard InChI is InChI=1S/C14H21F2NO4/c1-4-20-8-13(9-21-10(2)18)11(19)12(3)5-6-17(13)7-14(12,15)16/h4-9H2,1-3H3.